The molecule has 3 unspecified atom stereocenters. The molecule has 2 aliphatic rings. The first-order valence-corrected chi connectivity index (χ1v) is 8.35. The van der Waals surface area contributed by atoms with E-state index >= 15 is 0 Å². The van der Waals surface area contributed by atoms with E-state index in [-0.39, 0.29) is 5.78 Å². The van der Waals surface area contributed by atoms with E-state index < -0.39 is 0 Å². The van der Waals surface area contributed by atoms with E-state index in [1.807, 2.05) is 35.7 Å². The van der Waals surface area contributed by atoms with Gasteiger partial charge >= 0.3 is 0 Å². The van der Waals surface area contributed by atoms with E-state index in [2.05, 4.69) is 0 Å². The Morgan fingerprint density at radius 3 is 2.86 bits per heavy atom. The van der Waals surface area contributed by atoms with Crippen molar-refractivity contribution in [2.45, 2.75) is 43.8 Å². The van der Waals surface area contributed by atoms with Gasteiger partial charge in [0.25, 0.3) is 0 Å². The Labute approximate surface area is 128 Å². The fourth-order valence-corrected chi connectivity index (χ4v) is 4.35. The Morgan fingerprint density at radius 1 is 1.29 bits per heavy atom. The molecule has 1 aromatic carbocycles. The molecule has 2 fully saturated rings. The first kappa shape index (κ1) is 13.2. The molecule has 2 aliphatic heterocycles. The summed E-state index contributed by atoms with van der Waals surface area (Å²) in [5.74, 6) is 0.589. The number of benzene rings is 1. The zero-order valence-electron chi connectivity index (χ0n) is 11.7. The highest BCUT2D eigenvalue weighted by molar-refractivity contribution is 7.09. The van der Waals surface area contributed by atoms with Gasteiger partial charge in [0.2, 0.25) is 0 Å². The van der Waals surface area contributed by atoms with E-state index in [0.717, 1.165) is 29.1 Å². The molecule has 0 aliphatic carbocycles. The summed E-state index contributed by atoms with van der Waals surface area (Å²) in [5, 5.41) is 3.18. The van der Waals surface area contributed by atoms with Crippen molar-refractivity contribution < 1.29 is 9.53 Å². The summed E-state index contributed by atoms with van der Waals surface area (Å²) >= 11 is 1.68. The maximum Gasteiger partial charge on any atom is 0.168 e. The van der Waals surface area contributed by atoms with Crippen LogP contribution in [0.3, 0.4) is 0 Å². The van der Waals surface area contributed by atoms with E-state index in [0.29, 0.717) is 24.5 Å². The fourth-order valence-electron chi connectivity index (χ4n) is 3.36. The van der Waals surface area contributed by atoms with Gasteiger partial charge in [-0.15, -0.1) is 11.3 Å². The molecule has 3 heterocycles. The van der Waals surface area contributed by atoms with E-state index in [1.165, 1.54) is 6.42 Å². The minimum atomic E-state index is 0.136. The Hall–Kier alpha value is -1.52. The van der Waals surface area contributed by atoms with Crippen LogP contribution in [0, 0.1) is 0 Å². The molecular formula is C17H17NO2S. The molecule has 3 atom stereocenters. The highest BCUT2D eigenvalue weighted by Gasteiger charge is 2.42. The van der Waals surface area contributed by atoms with Crippen LogP contribution >= 0.6 is 11.3 Å². The van der Waals surface area contributed by atoms with Gasteiger partial charge in [-0.05, 0) is 19.3 Å². The monoisotopic (exact) mass is 299 g/mol. The lowest BCUT2D eigenvalue weighted by Gasteiger charge is -2.15. The first-order valence-electron chi connectivity index (χ1n) is 7.47. The highest BCUT2D eigenvalue weighted by atomic mass is 32.1. The normalized spacial score (nSPS) is 27.1. The highest BCUT2D eigenvalue weighted by Crippen LogP contribution is 2.45. The quantitative estimate of drug-likeness (QED) is 0.810. The molecule has 21 heavy (non-hydrogen) atoms. The Balaban J connectivity index is 1.47. The lowest BCUT2D eigenvalue weighted by molar-refractivity contribution is 0.0992. The van der Waals surface area contributed by atoms with Crippen molar-refractivity contribution >= 4 is 17.1 Å². The van der Waals surface area contributed by atoms with Gasteiger partial charge in [0.1, 0.15) is 0 Å². The van der Waals surface area contributed by atoms with E-state index in [9.17, 15) is 4.79 Å². The molecule has 0 saturated carbocycles. The lowest BCUT2D eigenvalue weighted by atomic mass is 9.90. The smallest absolute Gasteiger partial charge is 0.168 e. The molecule has 0 N–H and O–H groups in total. The van der Waals surface area contributed by atoms with Gasteiger partial charge in [0.05, 0.1) is 29.3 Å². The van der Waals surface area contributed by atoms with Crippen LogP contribution in [0.25, 0.3) is 0 Å². The molecule has 2 bridgehead atoms. The number of rotatable bonds is 4. The van der Waals surface area contributed by atoms with Gasteiger partial charge in [-0.2, -0.15) is 0 Å². The third-order valence-electron chi connectivity index (χ3n) is 4.43. The third-order valence-corrected chi connectivity index (χ3v) is 5.46. The number of carbonyl (C=O) groups is 1. The van der Waals surface area contributed by atoms with Crippen LogP contribution in [0.4, 0.5) is 0 Å². The molecule has 4 rings (SSSR count). The Morgan fingerprint density at radius 2 is 2.14 bits per heavy atom. The van der Waals surface area contributed by atoms with Crippen LogP contribution in [0.1, 0.15) is 46.2 Å². The van der Waals surface area contributed by atoms with Gasteiger partial charge in [-0.25, -0.2) is 4.98 Å². The molecule has 3 nitrogen and oxygen atoms in total. The van der Waals surface area contributed by atoms with Gasteiger partial charge in [0.15, 0.2) is 5.78 Å². The number of thiazole rings is 1. The second kappa shape index (κ2) is 5.35. The van der Waals surface area contributed by atoms with Crippen LogP contribution in [0.2, 0.25) is 0 Å². The van der Waals surface area contributed by atoms with Crippen molar-refractivity contribution in [3.8, 4) is 0 Å². The molecule has 2 saturated heterocycles. The van der Waals surface area contributed by atoms with Crippen LogP contribution in [0.15, 0.2) is 35.7 Å². The summed E-state index contributed by atoms with van der Waals surface area (Å²) in [4.78, 5) is 16.9. The average molecular weight is 299 g/mol. The molecule has 4 heteroatoms. The molecular weight excluding hydrogens is 282 g/mol. The second-order valence-corrected chi connectivity index (χ2v) is 6.75. The maximum atomic E-state index is 12.2. The SMILES string of the molecule is O=C(Cc1csc(C2CC3CCC2O3)n1)c1ccccc1. The minimum absolute atomic E-state index is 0.136. The Bertz CT molecular complexity index is 652. The summed E-state index contributed by atoms with van der Waals surface area (Å²) < 4.78 is 5.90. The zero-order valence-corrected chi connectivity index (χ0v) is 12.5. The number of fused-ring (bicyclic) bond motifs is 2. The fraction of sp³-hybridized carbons (Fsp3) is 0.412. The number of ketones is 1. The second-order valence-electron chi connectivity index (χ2n) is 5.86. The van der Waals surface area contributed by atoms with Crippen LogP contribution in [-0.4, -0.2) is 23.0 Å². The number of Topliss-reactive ketones (excluding diaryl/α,β-unsaturated/α-hetero) is 1. The summed E-state index contributed by atoms with van der Waals surface area (Å²) in [7, 11) is 0. The topological polar surface area (TPSA) is 39.2 Å². The van der Waals surface area contributed by atoms with Crippen LogP contribution in [0.5, 0.6) is 0 Å². The summed E-state index contributed by atoms with van der Waals surface area (Å²) in [6.07, 6.45) is 4.66. The molecule has 0 spiro atoms. The maximum absolute atomic E-state index is 12.2. The van der Waals surface area contributed by atoms with Crippen LogP contribution < -0.4 is 0 Å². The largest absolute Gasteiger partial charge is 0.374 e. The predicted molar refractivity (Wildman–Crippen MR) is 81.8 cm³/mol. The summed E-state index contributed by atoms with van der Waals surface area (Å²) in [6, 6.07) is 9.43. The minimum Gasteiger partial charge on any atom is -0.374 e. The zero-order chi connectivity index (χ0) is 14.2. The van der Waals surface area contributed by atoms with Gasteiger partial charge in [0, 0.05) is 16.9 Å². The molecule has 1 aromatic heterocycles. The average Bonchev–Trinajstić information content (AvgIpc) is 3.24. The Kier molecular flexibility index (Phi) is 3.36. The number of aromatic nitrogens is 1. The number of hydrogen-bond acceptors (Lipinski definition) is 4. The number of ether oxygens (including phenoxy) is 1. The number of hydrogen-bond donors (Lipinski definition) is 0. The molecule has 0 radical (unpaired) electrons. The standard InChI is InChI=1S/C17H17NO2S/c19-15(11-4-2-1-3-5-11)8-12-10-21-17(18-12)14-9-13-6-7-16(14)20-13/h1-5,10,13-14,16H,6-9H2. The van der Waals surface area contributed by atoms with Gasteiger partial charge in [-0.1, -0.05) is 30.3 Å². The van der Waals surface area contributed by atoms with Gasteiger partial charge < -0.3 is 4.74 Å². The number of nitrogens with zero attached hydrogens (tertiary/aromatic N) is 1. The van der Waals surface area contributed by atoms with Gasteiger partial charge in [-0.3, -0.25) is 4.79 Å². The predicted octanol–water partition coefficient (Wildman–Crippen LogP) is 3.60. The van der Waals surface area contributed by atoms with Crippen molar-refractivity contribution in [2.24, 2.45) is 0 Å². The molecule has 108 valence electrons. The third kappa shape index (κ3) is 2.54. The lowest BCUT2D eigenvalue weighted by Crippen LogP contribution is -2.14. The first-order chi connectivity index (χ1) is 10.3. The van der Waals surface area contributed by atoms with Crippen molar-refractivity contribution in [2.75, 3.05) is 0 Å². The van der Waals surface area contributed by atoms with E-state index in [4.69, 9.17) is 9.72 Å². The summed E-state index contributed by atoms with van der Waals surface area (Å²) in [5.41, 5.74) is 1.65. The molecule has 0 amide bonds. The van der Waals surface area contributed by atoms with Crippen molar-refractivity contribution in [3.63, 3.8) is 0 Å². The van der Waals surface area contributed by atoms with Crippen molar-refractivity contribution in [1.29, 1.82) is 0 Å². The van der Waals surface area contributed by atoms with Crippen molar-refractivity contribution in [3.05, 3.63) is 52.0 Å². The van der Waals surface area contributed by atoms with Crippen LogP contribution in [-0.2, 0) is 11.2 Å². The van der Waals surface area contributed by atoms with Crippen molar-refractivity contribution in [1.82, 2.24) is 4.98 Å². The van der Waals surface area contributed by atoms with E-state index in [1.54, 1.807) is 11.3 Å². The number of carbonyl (C=O) groups excluding carboxylic acids is 1. The summed E-state index contributed by atoms with van der Waals surface area (Å²) in [6.45, 7) is 0. The molecule has 2 aromatic rings.